The average molecular weight is 603 g/mol. The summed E-state index contributed by atoms with van der Waals surface area (Å²) >= 11 is 26.6. The zero-order chi connectivity index (χ0) is 27.7. The Hall–Kier alpha value is -2.90. The van der Waals surface area contributed by atoms with Gasteiger partial charge in [0.05, 0.1) is 23.3 Å². The van der Waals surface area contributed by atoms with E-state index in [1.807, 2.05) is 48.5 Å². The zero-order valence-electron chi connectivity index (χ0n) is 20.1. The van der Waals surface area contributed by atoms with Gasteiger partial charge in [-0.15, -0.1) is 23.2 Å². The second-order valence-electron chi connectivity index (χ2n) is 9.76. The van der Waals surface area contributed by atoms with Crippen LogP contribution in [0.1, 0.15) is 39.0 Å². The van der Waals surface area contributed by atoms with Gasteiger partial charge in [0.1, 0.15) is 9.75 Å². The summed E-state index contributed by atoms with van der Waals surface area (Å²) in [5.41, 5.74) is 2.95. The minimum Gasteiger partial charge on any atom is -0.457 e. The highest BCUT2D eigenvalue weighted by molar-refractivity contribution is 6.37. The van der Waals surface area contributed by atoms with Crippen LogP contribution in [0.5, 0.6) is 0 Å². The number of alkyl halides is 2. The molecule has 10 heteroatoms. The van der Waals surface area contributed by atoms with Crippen LogP contribution in [0.2, 0.25) is 10.0 Å². The first-order chi connectivity index (χ1) is 18.6. The van der Waals surface area contributed by atoms with Crippen LogP contribution in [0.3, 0.4) is 0 Å². The fourth-order valence-corrected chi connectivity index (χ4v) is 7.77. The van der Waals surface area contributed by atoms with Gasteiger partial charge in [0.2, 0.25) is 17.6 Å². The number of carbonyl (C=O) groups excluding carboxylic acids is 4. The molecule has 0 unspecified atom stereocenters. The van der Waals surface area contributed by atoms with E-state index in [0.717, 1.165) is 4.90 Å². The molecular formula is C29H19Cl4NO5. The van der Waals surface area contributed by atoms with Gasteiger partial charge in [-0.1, -0.05) is 71.7 Å². The van der Waals surface area contributed by atoms with Crippen molar-refractivity contribution < 1.29 is 23.9 Å². The van der Waals surface area contributed by atoms with Gasteiger partial charge in [-0.25, -0.2) is 0 Å². The summed E-state index contributed by atoms with van der Waals surface area (Å²) in [5, 5.41) is 0.507. The summed E-state index contributed by atoms with van der Waals surface area (Å²) in [5.74, 6) is -4.14. The second-order valence-corrected chi connectivity index (χ2v) is 11.8. The van der Waals surface area contributed by atoms with Crippen LogP contribution in [0.4, 0.5) is 0 Å². The Morgan fingerprint density at radius 2 is 1.28 bits per heavy atom. The number of carbonyl (C=O) groups is 4. The van der Waals surface area contributed by atoms with Crippen molar-refractivity contribution in [3.05, 3.63) is 105 Å². The Kier molecular flexibility index (Phi) is 6.31. The maximum Gasteiger partial charge on any atom is 0.308 e. The Morgan fingerprint density at radius 1 is 0.795 bits per heavy atom. The molecule has 0 spiro atoms. The first-order valence-electron chi connectivity index (χ1n) is 12.2. The van der Waals surface area contributed by atoms with Gasteiger partial charge in [0.25, 0.3) is 0 Å². The minimum absolute atomic E-state index is 0.140. The van der Waals surface area contributed by atoms with Gasteiger partial charge in [-0.05, 0) is 40.5 Å². The first kappa shape index (κ1) is 26.3. The van der Waals surface area contributed by atoms with Gasteiger partial charge in [0, 0.05) is 17.1 Å². The molecule has 3 aromatic rings. The van der Waals surface area contributed by atoms with Crippen LogP contribution in [0.25, 0.3) is 0 Å². The smallest absolute Gasteiger partial charge is 0.308 e. The summed E-state index contributed by atoms with van der Waals surface area (Å²) < 4.78 is 5.11. The fraction of sp³-hybridized carbons (Fsp3) is 0.241. The van der Waals surface area contributed by atoms with Gasteiger partial charge >= 0.3 is 5.97 Å². The normalized spacial score (nSPS) is 26.2. The molecule has 2 amide bonds. The Balaban J connectivity index is 1.23. The average Bonchev–Trinajstić information content (AvgIpc) is 3.19. The number of hydrogen-bond donors (Lipinski definition) is 0. The number of esters is 1. The SMILES string of the molecule is O=C(CCN1C(=O)[C@@H]2[C@H](C1=O)C1(Cl)c3ccccc3C2(Cl)c2ccccc21)OCC(=O)c1ccc(Cl)cc1Cl. The van der Waals surface area contributed by atoms with Gasteiger partial charge in [0.15, 0.2) is 6.61 Å². The van der Waals surface area contributed by atoms with Crippen molar-refractivity contribution >= 4 is 70.0 Å². The highest BCUT2D eigenvalue weighted by Gasteiger charge is 2.72. The molecule has 1 fully saturated rings. The lowest BCUT2D eigenvalue weighted by Crippen LogP contribution is -2.57. The van der Waals surface area contributed by atoms with Gasteiger partial charge in [-0.3, -0.25) is 24.1 Å². The molecule has 7 rings (SSSR count). The van der Waals surface area contributed by atoms with Crippen molar-refractivity contribution in [1.82, 2.24) is 4.90 Å². The summed E-state index contributed by atoms with van der Waals surface area (Å²) in [4.78, 5) is 50.9. The maximum atomic E-state index is 13.8. The predicted octanol–water partition coefficient (Wildman–Crippen LogP) is 5.70. The molecule has 4 aliphatic rings. The largest absolute Gasteiger partial charge is 0.457 e. The maximum absolute atomic E-state index is 13.8. The van der Waals surface area contributed by atoms with Crippen LogP contribution in [0.15, 0.2) is 66.7 Å². The molecule has 3 aliphatic carbocycles. The van der Waals surface area contributed by atoms with Crippen LogP contribution in [-0.2, 0) is 28.9 Å². The Bertz CT molecular complexity index is 1470. The molecule has 39 heavy (non-hydrogen) atoms. The number of rotatable bonds is 6. The summed E-state index contributed by atoms with van der Waals surface area (Å²) in [6.45, 7) is -0.778. The number of ether oxygens (including phenoxy) is 1. The van der Waals surface area contributed by atoms with E-state index in [1.54, 1.807) is 0 Å². The van der Waals surface area contributed by atoms with Gasteiger partial charge < -0.3 is 4.74 Å². The third kappa shape index (κ3) is 3.69. The lowest BCUT2D eigenvalue weighted by atomic mass is 9.54. The van der Waals surface area contributed by atoms with E-state index in [1.165, 1.54) is 18.2 Å². The van der Waals surface area contributed by atoms with Crippen molar-refractivity contribution in [3.8, 4) is 0 Å². The number of amides is 2. The molecule has 6 nitrogen and oxygen atoms in total. The second kappa shape index (κ2) is 9.34. The van der Waals surface area contributed by atoms with Crippen molar-refractivity contribution in [1.29, 1.82) is 0 Å². The van der Waals surface area contributed by atoms with Crippen molar-refractivity contribution in [2.75, 3.05) is 13.2 Å². The predicted molar refractivity (Wildman–Crippen MR) is 146 cm³/mol. The molecular weight excluding hydrogens is 584 g/mol. The Labute approximate surface area is 243 Å². The number of hydrogen-bond acceptors (Lipinski definition) is 5. The summed E-state index contributed by atoms with van der Waals surface area (Å²) in [7, 11) is 0. The van der Waals surface area contributed by atoms with Crippen molar-refractivity contribution in [2.45, 2.75) is 16.2 Å². The van der Waals surface area contributed by atoms with Crippen molar-refractivity contribution in [2.24, 2.45) is 11.8 Å². The third-order valence-corrected chi connectivity index (χ3v) is 9.64. The van der Waals surface area contributed by atoms with Crippen molar-refractivity contribution in [3.63, 3.8) is 0 Å². The van der Waals surface area contributed by atoms with E-state index in [2.05, 4.69) is 0 Å². The van der Waals surface area contributed by atoms with Gasteiger partial charge in [-0.2, -0.15) is 0 Å². The number of nitrogens with zero attached hydrogens (tertiary/aromatic N) is 1. The molecule has 0 N–H and O–H groups in total. The highest BCUT2D eigenvalue weighted by atomic mass is 35.5. The quantitative estimate of drug-likeness (QED) is 0.156. The lowest BCUT2D eigenvalue weighted by molar-refractivity contribution is -0.145. The van der Waals surface area contributed by atoms with E-state index in [4.69, 9.17) is 51.1 Å². The lowest BCUT2D eigenvalue weighted by Gasteiger charge is -2.54. The summed E-state index contributed by atoms with van der Waals surface area (Å²) in [6, 6.07) is 19.0. The molecule has 0 aromatic heterocycles. The van der Waals surface area contributed by atoms with E-state index >= 15 is 0 Å². The van der Waals surface area contributed by atoms with Crippen LogP contribution < -0.4 is 0 Å². The Morgan fingerprint density at radius 3 is 1.74 bits per heavy atom. The third-order valence-electron chi connectivity index (χ3n) is 7.81. The standard InChI is InChI=1S/C29H19Cl4NO5/c30-15-9-10-16(21(31)13-15)22(35)14-39-23(36)11-12-34-26(37)24-25(27(34)38)29(33)18-6-2-1-5-17(18)28(24,32)19-7-3-4-8-20(19)29/h1-10,13,24-25H,11-12,14H2/t24-,25+,28?,29?. The number of benzene rings is 3. The van der Waals surface area contributed by atoms with E-state index in [-0.39, 0.29) is 23.6 Å². The molecule has 1 saturated heterocycles. The van der Waals surface area contributed by atoms with E-state index in [9.17, 15) is 19.2 Å². The molecule has 198 valence electrons. The first-order valence-corrected chi connectivity index (χ1v) is 13.7. The molecule has 2 atom stereocenters. The number of ketones is 1. The molecule has 0 radical (unpaired) electrons. The number of likely N-dealkylation sites (tertiary alicyclic amines) is 1. The van der Waals surface area contributed by atoms with Crippen LogP contribution in [-0.4, -0.2) is 41.6 Å². The molecule has 0 saturated carbocycles. The molecule has 2 bridgehead atoms. The van der Waals surface area contributed by atoms with Crippen LogP contribution >= 0.6 is 46.4 Å². The highest BCUT2D eigenvalue weighted by Crippen LogP contribution is 2.69. The minimum atomic E-state index is -1.29. The molecule has 1 aliphatic heterocycles. The number of Topliss-reactive ketones (excluding diaryl/α,β-unsaturated/α-hetero) is 1. The fourth-order valence-electron chi connectivity index (χ4n) is 6.16. The number of halogens is 4. The topological polar surface area (TPSA) is 80.8 Å². The molecule has 1 heterocycles. The molecule has 3 aromatic carbocycles. The van der Waals surface area contributed by atoms with E-state index in [0.29, 0.717) is 27.3 Å². The zero-order valence-corrected chi connectivity index (χ0v) is 23.2. The summed E-state index contributed by atoms with van der Waals surface area (Å²) in [6.07, 6.45) is -0.303. The monoisotopic (exact) mass is 601 g/mol. The number of imide groups is 1. The van der Waals surface area contributed by atoms with E-state index < -0.39 is 51.8 Å². The van der Waals surface area contributed by atoms with Crippen LogP contribution in [0, 0.1) is 11.8 Å².